The predicted molar refractivity (Wildman–Crippen MR) is 77.4 cm³/mol. The number of carbonyl (C=O) groups is 2. The Kier molecular flexibility index (Phi) is 4.14. The van der Waals surface area contributed by atoms with Crippen molar-refractivity contribution in [2.24, 2.45) is 5.73 Å². The minimum Gasteiger partial charge on any atom is -0.366 e. The molecule has 1 fully saturated rings. The van der Waals surface area contributed by atoms with Gasteiger partial charge in [0.1, 0.15) is 0 Å². The number of nitrogens with one attached hydrogen (secondary N) is 1. The zero-order valence-corrected chi connectivity index (χ0v) is 11.8. The number of thioether (sulfide) groups is 1. The lowest BCUT2D eigenvalue weighted by atomic mass is 10.1. The summed E-state index contributed by atoms with van der Waals surface area (Å²) in [6.07, 6.45) is 2.35. The van der Waals surface area contributed by atoms with Crippen LogP contribution in [0.3, 0.4) is 0 Å². The second kappa shape index (κ2) is 5.65. The maximum Gasteiger partial charge on any atom is 0.251 e. The molecule has 1 aliphatic heterocycles. The number of hydrogen-bond acceptors (Lipinski definition) is 3. The van der Waals surface area contributed by atoms with E-state index >= 15 is 0 Å². The van der Waals surface area contributed by atoms with Crippen LogP contribution < -0.4 is 11.1 Å². The van der Waals surface area contributed by atoms with Crippen molar-refractivity contribution in [1.29, 1.82) is 0 Å². The van der Waals surface area contributed by atoms with Gasteiger partial charge in [0.2, 0.25) is 5.91 Å². The minimum absolute atomic E-state index is 0.107. The van der Waals surface area contributed by atoms with E-state index in [1.165, 1.54) is 12.2 Å². The molecule has 1 aromatic carbocycles. The third kappa shape index (κ3) is 3.50. The maximum atomic E-state index is 12.0. The van der Waals surface area contributed by atoms with Crippen LogP contribution in [0.15, 0.2) is 24.3 Å². The molecule has 102 valence electrons. The fraction of sp³-hybridized carbons (Fsp3) is 0.429. The maximum absolute atomic E-state index is 12.0. The van der Waals surface area contributed by atoms with Crippen molar-refractivity contribution in [2.45, 2.75) is 24.5 Å². The molecule has 1 aromatic rings. The molecule has 0 aliphatic carbocycles. The molecular formula is C14H18N2O2S. The quantitative estimate of drug-likeness (QED) is 0.882. The van der Waals surface area contributed by atoms with Crippen molar-refractivity contribution in [1.82, 2.24) is 5.32 Å². The van der Waals surface area contributed by atoms with E-state index in [0.717, 1.165) is 6.42 Å². The number of hydrogen-bond donors (Lipinski definition) is 2. The molecule has 1 heterocycles. The first kappa shape index (κ1) is 13.9. The molecule has 2 amide bonds. The lowest BCUT2D eigenvalue weighted by Gasteiger charge is -2.22. The molecule has 0 spiro atoms. The first-order valence-corrected chi connectivity index (χ1v) is 7.31. The van der Waals surface area contributed by atoms with Crippen molar-refractivity contribution < 1.29 is 9.59 Å². The van der Waals surface area contributed by atoms with Gasteiger partial charge in [0.05, 0.1) is 0 Å². The molecule has 4 nitrogen and oxygen atoms in total. The third-order valence-corrected chi connectivity index (χ3v) is 4.89. The van der Waals surface area contributed by atoms with Gasteiger partial charge < -0.3 is 11.1 Å². The number of carbonyl (C=O) groups excluding carboxylic acids is 2. The lowest BCUT2D eigenvalue weighted by molar-refractivity contribution is 0.0947. The van der Waals surface area contributed by atoms with Gasteiger partial charge in [0.25, 0.3) is 5.91 Å². The average Bonchev–Trinajstić information content (AvgIpc) is 2.83. The Morgan fingerprint density at radius 2 is 1.95 bits per heavy atom. The molecule has 1 saturated heterocycles. The van der Waals surface area contributed by atoms with Gasteiger partial charge in [-0.05, 0) is 49.8 Å². The van der Waals surface area contributed by atoms with Crippen molar-refractivity contribution in [2.75, 3.05) is 12.3 Å². The molecular weight excluding hydrogens is 260 g/mol. The van der Waals surface area contributed by atoms with E-state index in [4.69, 9.17) is 5.73 Å². The van der Waals surface area contributed by atoms with Crippen molar-refractivity contribution in [3.05, 3.63) is 35.4 Å². The Balaban J connectivity index is 1.94. The van der Waals surface area contributed by atoms with Gasteiger partial charge in [-0.1, -0.05) is 0 Å². The summed E-state index contributed by atoms with van der Waals surface area (Å²) in [5, 5.41) is 2.95. The second-order valence-corrected chi connectivity index (χ2v) is 6.71. The van der Waals surface area contributed by atoms with E-state index in [9.17, 15) is 9.59 Å². The standard InChI is InChI=1S/C14H18N2O2S/c1-14(7-2-8-19-14)9-16-13(18)11-5-3-10(4-6-11)12(15)17/h3-6H,2,7-9H2,1H3,(H2,15,17)(H,16,18). The van der Waals surface area contributed by atoms with Gasteiger partial charge in [0.15, 0.2) is 0 Å². The summed E-state index contributed by atoms with van der Waals surface area (Å²) in [6, 6.07) is 6.39. The minimum atomic E-state index is -0.484. The van der Waals surface area contributed by atoms with Gasteiger partial charge in [-0.25, -0.2) is 0 Å². The van der Waals surface area contributed by atoms with Crippen LogP contribution in [-0.4, -0.2) is 28.9 Å². The molecule has 0 bridgehead atoms. The number of nitrogens with two attached hydrogens (primary N) is 1. The molecule has 1 aliphatic rings. The Hall–Kier alpha value is -1.49. The molecule has 0 aromatic heterocycles. The Morgan fingerprint density at radius 1 is 1.32 bits per heavy atom. The summed E-state index contributed by atoms with van der Waals surface area (Å²) in [4.78, 5) is 22.9. The molecule has 0 saturated carbocycles. The number of rotatable bonds is 4. The van der Waals surface area contributed by atoms with E-state index in [2.05, 4.69) is 12.2 Å². The molecule has 2 rings (SSSR count). The van der Waals surface area contributed by atoms with Crippen molar-refractivity contribution >= 4 is 23.6 Å². The fourth-order valence-corrected chi connectivity index (χ4v) is 3.38. The van der Waals surface area contributed by atoms with Gasteiger partial charge in [-0.3, -0.25) is 9.59 Å². The van der Waals surface area contributed by atoms with E-state index in [1.54, 1.807) is 24.3 Å². The van der Waals surface area contributed by atoms with Crippen LogP contribution in [0.5, 0.6) is 0 Å². The number of amides is 2. The van der Waals surface area contributed by atoms with Crippen LogP contribution in [0.4, 0.5) is 0 Å². The number of primary amides is 1. The van der Waals surface area contributed by atoms with Crippen molar-refractivity contribution in [3.8, 4) is 0 Å². The Morgan fingerprint density at radius 3 is 2.47 bits per heavy atom. The molecule has 19 heavy (non-hydrogen) atoms. The Bertz CT molecular complexity index is 479. The molecule has 1 unspecified atom stereocenters. The molecule has 1 atom stereocenters. The van der Waals surface area contributed by atoms with Crippen LogP contribution >= 0.6 is 11.8 Å². The van der Waals surface area contributed by atoms with Gasteiger partial charge >= 0.3 is 0 Å². The summed E-state index contributed by atoms with van der Waals surface area (Å²) in [5.74, 6) is 0.575. The zero-order valence-electron chi connectivity index (χ0n) is 10.9. The lowest BCUT2D eigenvalue weighted by Crippen LogP contribution is -2.36. The first-order chi connectivity index (χ1) is 9.00. The largest absolute Gasteiger partial charge is 0.366 e. The van der Waals surface area contributed by atoms with E-state index in [1.807, 2.05) is 11.8 Å². The zero-order chi connectivity index (χ0) is 13.9. The molecule has 5 heteroatoms. The Labute approximate surface area is 117 Å². The van der Waals surface area contributed by atoms with Gasteiger partial charge in [0, 0.05) is 22.4 Å². The van der Waals surface area contributed by atoms with Crippen molar-refractivity contribution in [3.63, 3.8) is 0 Å². The number of benzene rings is 1. The first-order valence-electron chi connectivity index (χ1n) is 6.32. The van der Waals surface area contributed by atoms with Crippen LogP contribution in [-0.2, 0) is 0 Å². The smallest absolute Gasteiger partial charge is 0.251 e. The van der Waals surface area contributed by atoms with E-state index in [-0.39, 0.29) is 10.7 Å². The monoisotopic (exact) mass is 278 g/mol. The van der Waals surface area contributed by atoms with Crippen LogP contribution in [0.2, 0.25) is 0 Å². The highest BCUT2D eigenvalue weighted by Gasteiger charge is 2.29. The summed E-state index contributed by atoms with van der Waals surface area (Å²) in [5.41, 5.74) is 6.12. The van der Waals surface area contributed by atoms with Gasteiger partial charge in [-0.2, -0.15) is 11.8 Å². The van der Waals surface area contributed by atoms with E-state index in [0.29, 0.717) is 17.7 Å². The van der Waals surface area contributed by atoms with Crippen LogP contribution in [0.1, 0.15) is 40.5 Å². The van der Waals surface area contributed by atoms with Crippen LogP contribution in [0.25, 0.3) is 0 Å². The normalized spacial score (nSPS) is 22.2. The van der Waals surface area contributed by atoms with E-state index < -0.39 is 5.91 Å². The topological polar surface area (TPSA) is 72.2 Å². The summed E-state index contributed by atoms with van der Waals surface area (Å²) >= 11 is 1.91. The predicted octanol–water partition coefficient (Wildman–Crippen LogP) is 1.80. The SMILES string of the molecule is CC1(CNC(=O)c2ccc(C(N)=O)cc2)CCCS1. The second-order valence-electron chi connectivity index (χ2n) is 5.03. The summed E-state index contributed by atoms with van der Waals surface area (Å²) < 4.78 is 0.156. The third-order valence-electron chi connectivity index (χ3n) is 3.35. The van der Waals surface area contributed by atoms with Crippen LogP contribution in [0, 0.1) is 0 Å². The highest BCUT2D eigenvalue weighted by molar-refractivity contribution is 8.00. The fourth-order valence-electron chi connectivity index (χ4n) is 2.13. The summed E-state index contributed by atoms with van der Waals surface area (Å²) in [6.45, 7) is 2.86. The highest BCUT2D eigenvalue weighted by atomic mass is 32.2. The average molecular weight is 278 g/mol. The molecule has 3 N–H and O–H groups in total. The van der Waals surface area contributed by atoms with Gasteiger partial charge in [-0.15, -0.1) is 0 Å². The highest BCUT2D eigenvalue weighted by Crippen LogP contribution is 2.36. The summed E-state index contributed by atoms with van der Waals surface area (Å²) in [7, 11) is 0. The molecule has 0 radical (unpaired) electrons.